The van der Waals surface area contributed by atoms with Crippen molar-refractivity contribution in [3.05, 3.63) is 28.2 Å². The van der Waals surface area contributed by atoms with E-state index in [0.717, 1.165) is 22.2 Å². The van der Waals surface area contributed by atoms with E-state index in [4.69, 9.17) is 10.5 Å². The lowest BCUT2D eigenvalue weighted by molar-refractivity contribution is 0.215. The van der Waals surface area contributed by atoms with E-state index in [1.165, 1.54) is 0 Å². The van der Waals surface area contributed by atoms with Crippen LogP contribution in [0.15, 0.2) is 22.7 Å². The molecule has 2 N–H and O–H groups in total. The normalized spacial score (nSPS) is 12.6. The van der Waals surface area contributed by atoms with E-state index in [1.54, 1.807) is 0 Å². The zero-order valence-electron chi connectivity index (χ0n) is 8.59. The number of halogens is 1. The summed E-state index contributed by atoms with van der Waals surface area (Å²) < 4.78 is 6.77. The van der Waals surface area contributed by atoms with Crippen molar-refractivity contribution in [2.24, 2.45) is 5.73 Å². The summed E-state index contributed by atoms with van der Waals surface area (Å²) in [5, 5.41) is 0. The van der Waals surface area contributed by atoms with Crippen molar-refractivity contribution < 1.29 is 4.74 Å². The Kier molecular flexibility index (Phi) is 4.42. The van der Waals surface area contributed by atoms with Gasteiger partial charge in [0.15, 0.2) is 0 Å². The predicted octanol–water partition coefficient (Wildman–Crippen LogP) is 3.09. The van der Waals surface area contributed by atoms with Gasteiger partial charge in [-0.05, 0) is 25.5 Å². The van der Waals surface area contributed by atoms with Crippen LogP contribution in [-0.2, 0) is 6.54 Å². The molecule has 14 heavy (non-hydrogen) atoms. The van der Waals surface area contributed by atoms with Crippen LogP contribution in [0.25, 0.3) is 0 Å². The summed E-state index contributed by atoms with van der Waals surface area (Å²) in [5.74, 6) is 0.885. The molecule has 0 aromatic heterocycles. The lowest BCUT2D eigenvalue weighted by Crippen LogP contribution is -2.12. The van der Waals surface area contributed by atoms with Gasteiger partial charge in [-0.1, -0.05) is 28.9 Å². The standard InChI is InChI=1S/C11H16BrNO/c1-3-8(2)14-11-6-4-5-10(12)9(11)7-13/h4-6,8H,3,7,13H2,1-2H3. The maximum atomic E-state index is 5.76. The van der Waals surface area contributed by atoms with Gasteiger partial charge in [0.25, 0.3) is 0 Å². The quantitative estimate of drug-likeness (QED) is 0.900. The van der Waals surface area contributed by atoms with Gasteiger partial charge in [0.1, 0.15) is 5.75 Å². The molecule has 0 heterocycles. The van der Waals surface area contributed by atoms with Crippen LogP contribution in [0.5, 0.6) is 5.75 Å². The summed E-state index contributed by atoms with van der Waals surface area (Å²) in [5.41, 5.74) is 6.69. The lowest BCUT2D eigenvalue weighted by Gasteiger charge is -2.16. The van der Waals surface area contributed by atoms with Crippen LogP contribution in [0.1, 0.15) is 25.8 Å². The molecule has 1 rings (SSSR count). The molecular formula is C11H16BrNO. The van der Waals surface area contributed by atoms with E-state index in [-0.39, 0.29) is 6.10 Å². The van der Waals surface area contributed by atoms with Crippen LogP contribution in [0.4, 0.5) is 0 Å². The summed E-state index contributed by atoms with van der Waals surface area (Å²) in [6.45, 7) is 4.65. The third-order valence-corrected chi connectivity index (χ3v) is 2.93. The zero-order valence-corrected chi connectivity index (χ0v) is 10.2. The Labute approximate surface area is 93.6 Å². The molecule has 1 atom stereocenters. The Morgan fingerprint density at radius 1 is 1.50 bits per heavy atom. The smallest absolute Gasteiger partial charge is 0.125 e. The van der Waals surface area contributed by atoms with Gasteiger partial charge in [-0.15, -0.1) is 0 Å². The molecule has 0 spiro atoms. The van der Waals surface area contributed by atoms with Crippen molar-refractivity contribution in [3.8, 4) is 5.75 Å². The largest absolute Gasteiger partial charge is 0.490 e. The van der Waals surface area contributed by atoms with Crippen molar-refractivity contribution >= 4 is 15.9 Å². The van der Waals surface area contributed by atoms with Crippen LogP contribution in [-0.4, -0.2) is 6.10 Å². The number of benzene rings is 1. The van der Waals surface area contributed by atoms with Crippen molar-refractivity contribution in [1.29, 1.82) is 0 Å². The molecule has 0 bridgehead atoms. The molecule has 1 unspecified atom stereocenters. The first-order valence-corrected chi connectivity index (χ1v) is 5.62. The molecule has 1 aromatic rings. The molecule has 0 amide bonds. The highest BCUT2D eigenvalue weighted by Crippen LogP contribution is 2.27. The zero-order chi connectivity index (χ0) is 10.6. The van der Waals surface area contributed by atoms with E-state index >= 15 is 0 Å². The van der Waals surface area contributed by atoms with Gasteiger partial charge in [0.05, 0.1) is 6.10 Å². The first kappa shape index (κ1) is 11.5. The Morgan fingerprint density at radius 3 is 2.79 bits per heavy atom. The average molecular weight is 258 g/mol. The van der Waals surface area contributed by atoms with Crippen molar-refractivity contribution in [1.82, 2.24) is 0 Å². The molecule has 0 fully saturated rings. The van der Waals surface area contributed by atoms with Gasteiger partial charge in [-0.2, -0.15) is 0 Å². The van der Waals surface area contributed by atoms with E-state index in [1.807, 2.05) is 18.2 Å². The summed E-state index contributed by atoms with van der Waals surface area (Å²) in [6, 6.07) is 5.89. The minimum atomic E-state index is 0.231. The maximum absolute atomic E-state index is 5.76. The van der Waals surface area contributed by atoms with Gasteiger partial charge in [-0.25, -0.2) is 0 Å². The second-order valence-electron chi connectivity index (χ2n) is 3.26. The van der Waals surface area contributed by atoms with Crippen molar-refractivity contribution in [2.45, 2.75) is 32.9 Å². The van der Waals surface area contributed by atoms with Crippen LogP contribution >= 0.6 is 15.9 Å². The van der Waals surface area contributed by atoms with Crippen LogP contribution in [0.2, 0.25) is 0 Å². The monoisotopic (exact) mass is 257 g/mol. The highest BCUT2D eigenvalue weighted by molar-refractivity contribution is 9.10. The van der Waals surface area contributed by atoms with Gasteiger partial charge in [0, 0.05) is 16.6 Å². The van der Waals surface area contributed by atoms with Crippen molar-refractivity contribution in [2.75, 3.05) is 0 Å². The molecule has 0 aliphatic rings. The molecule has 0 aliphatic heterocycles. The van der Waals surface area contributed by atoms with Crippen LogP contribution in [0.3, 0.4) is 0 Å². The van der Waals surface area contributed by atoms with E-state index in [9.17, 15) is 0 Å². The van der Waals surface area contributed by atoms with Crippen LogP contribution < -0.4 is 10.5 Å². The molecule has 2 nitrogen and oxygen atoms in total. The Balaban J connectivity index is 2.90. The topological polar surface area (TPSA) is 35.2 Å². The maximum Gasteiger partial charge on any atom is 0.125 e. The second-order valence-corrected chi connectivity index (χ2v) is 4.11. The Morgan fingerprint density at radius 2 is 2.21 bits per heavy atom. The SMILES string of the molecule is CCC(C)Oc1cccc(Br)c1CN. The third-order valence-electron chi connectivity index (χ3n) is 2.18. The average Bonchev–Trinajstić information content (AvgIpc) is 2.18. The van der Waals surface area contributed by atoms with Gasteiger partial charge < -0.3 is 10.5 Å². The molecule has 0 aliphatic carbocycles. The molecule has 0 saturated carbocycles. The Bertz CT molecular complexity index is 301. The van der Waals surface area contributed by atoms with Crippen LogP contribution in [0, 0.1) is 0 Å². The lowest BCUT2D eigenvalue weighted by atomic mass is 10.2. The van der Waals surface area contributed by atoms with Gasteiger partial charge >= 0.3 is 0 Å². The number of hydrogen-bond donors (Lipinski definition) is 1. The summed E-state index contributed by atoms with van der Waals surface area (Å²) in [4.78, 5) is 0. The van der Waals surface area contributed by atoms with E-state index < -0.39 is 0 Å². The first-order chi connectivity index (χ1) is 6.69. The third kappa shape index (κ3) is 2.72. The van der Waals surface area contributed by atoms with Gasteiger partial charge in [-0.3, -0.25) is 0 Å². The minimum Gasteiger partial charge on any atom is -0.490 e. The summed E-state index contributed by atoms with van der Waals surface area (Å²) in [6.07, 6.45) is 1.23. The highest BCUT2D eigenvalue weighted by atomic mass is 79.9. The van der Waals surface area contributed by atoms with Crippen molar-refractivity contribution in [3.63, 3.8) is 0 Å². The number of hydrogen-bond acceptors (Lipinski definition) is 2. The number of ether oxygens (including phenoxy) is 1. The molecule has 1 aromatic carbocycles. The molecule has 3 heteroatoms. The summed E-state index contributed by atoms with van der Waals surface area (Å²) >= 11 is 3.46. The number of nitrogens with two attached hydrogens (primary N) is 1. The Hall–Kier alpha value is -0.540. The van der Waals surface area contributed by atoms with E-state index in [2.05, 4.69) is 29.8 Å². The molecular weight excluding hydrogens is 242 g/mol. The van der Waals surface area contributed by atoms with E-state index in [0.29, 0.717) is 6.54 Å². The fourth-order valence-electron chi connectivity index (χ4n) is 1.15. The predicted molar refractivity (Wildman–Crippen MR) is 62.4 cm³/mol. The van der Waals surface area contributed by atoms with Gasteiger partial charge in [0.2, 0.25) is 0 Å². The fourth-order valence-corrected chi connectivity index (χ4v) is 1.66. The number of rotatable bonds is 4. The molecule has 0 saturated heterocycles. The molecule has 78 valence electrons. The fraction of sp³-hybridized carbons (Fsp3) is 0.455. The minimum absolute atomic E-state index is 0.231. The second kappa shape index (κ2) is 5.37. The molecule has 0 radical (unpaired) electrons. The first-order valence-electron chi connectivity index (χ1n) is 4.83. The summed E-state index contributed by atoms with van der Waals surface area (Å²) in [7, 11) is 0. The highest BCUT2D eigenvalue weighted by Gasteiger charge is 2.08.